The third-order valence-corrected chi connectivity index (χ3v) is 2.48. The summed E-state index contributed by atoms with van der Waals surface area (Å²) in [6.07, 6.45) is 0.817. The van der Waals surface area contributed by atoms with Crippen molar-refractivity contribution in [1.29, 1.82) is 0 Å². The Morgan fingerprint density at radius 1 is 1.61 bits per heavy atom. The molecule has 0 radical (unpaired) electrons. The van der Waals surface area contributed by atoms with Gasteiger partial charge in [0.25, 0.3) is 0 Å². The van der Waals surface area contributed by atoms with Crippen LogP contribution in [0, 0.1) is 6.92 Å². The van der Waals surface area contributed by atoms with Crippen molar-refractivity contribution < 1.29 is 14.1 Å². The van der Waals surface area contributed by atoms with Crippen molar-refractivity contribution in [2.45, 2.75) is 32.9 Å². The van der Waals surface area contributed by atoms with Gasteiger partial charge in [-0.3, -0.25) is 4.79 Å². The van der Waals surface area contributed by atoms with Crippen LogP contribution in [0.1, 0.15) is 24.8 Å². The molecule has 1 rings (SSSR count). The van der Waals surface area contributed by atoms with Gasteiger partial charge in [-0.2, -0.15) is 0 Å². The Kier molecular flexibility index (Phi) is 6.38. The van der Waals surface area contributed by atoms with Crippen LogP contribution in [0.2, 0.25) is 0 Å². The standard InChI is InChI=1S/C12H21N3O3/c1-9-7-11(15-18-9)8-14-10(2)12(16)13-5-4-6-17-3/h7,10,14H,4-6,8H2,1-3H3,(H,13,16). The first-order valence-corrected chi connectivity index (χ1v) is 6.05. The van der Waals surface area contributed by atoms with Gasteiger partial charge in [0.2, 0.25) is 5.91 Å². The van der Waals surface area contributed by atoms with Gasteiger partial charge in [-0.25, -0.2) is 0 Å². The summed E-state index contributed by atoms with van der Waals surface area (Å²) in [5.41, 5.74) is 0.798. The third-order valence-electron chi connectivity index (χ3n) is 2.48. The van der Waals surface area contributed by atoms with Crippen LogP contribution in [-0.4, -0.2) is 37.4 Å². The molecule has 102 valence electrons. The summed E-state index contributed by atoms with van der Waals surface area (Å²) in [6, 6.07) is 1.58. The Hall–Kier alpha value is -1.40. The lowest BCUT2D eigenvalue weighted by Crippen LogP contribution is -2.42. The third kappa shape index (κ3) is 5.29. The average Bonchev–Trinajstić information content (AvgIpc) is 2.77. The van der Waals surface area contributed by atoms with E-state index >= 15 is 0 Å². The van der Waals surface area contributed by atoms with Crippen molar-refractivity contribution in [3.63, 3.8) is 0 Å². The van der Waals surface area contributed by atoms with Crippen LogP contribution in [0.15, 0.2) is 10.6 Å². The van der Waals surface area contributed by atoms with E-state index in [0.717, 1.165) is 17.9 Å². The highest BCUT2D eigenvalue weighted by molar-refractivity contribution is 5.81. The van der Waals surface area contributed by atoms with Crippen molar-refractivity contribution in [2.24, 2.45) is 0 Å². The Morgan fingerprint density at radius 3 is 3.00 bits per heavy atom. The SMILES string of the molecule is COCCCNC(=O)C(C)NCc1cc(C)on1. The van der Waals surface area contributed by atoms with Crippen molar-refractivity contribution in [1.82, 2.24) is 15.8 Å². The highest BCUT2D eigenvalue weighted by Gasteiger charge is 2.12. The zero-order chi connectivity index (χ0) is 13.4. The maximum absolute atomic E-state index is 11.7. The summed E-state index contributed by atoms with van der Waals surface area (Å²) in [4.78, 5) is 11.7. The largest absolute Gasteiger partial charge is 0.385 e. The Labute approximate surface area is 107 Å². The maximum atomic E-state index is 11.7. The number of methoxy groups -OCH3 is 1. The van der Waals surface area contributed by atoms with Crippen LogP contribution < -0.4 is 10.6 Å². The second kappa shape index (κ2) is 7.84. The molecular weight excluding hydrogens is 234 g/mol. The summed E-state index contributed by atoms with van der Waals surface area (Å²) in [7, 11) is 1.64. The molecule has 0 bridgehead atoms. The van der Waals surface area contributed by atoms with Crippen molar-refractivity contribution in [3.05, 3.63) is 17.5 Å². The number of aryl methyl sites for hydroxylation is 1. The minimum atomic E-state index is -0.260. The Morgan fingerprint density at radius 2 is 2.39 bits per heavy atom. The molecule has 6 nitrogen and oxygen atoms in total. The van der Waals surface area contributed by atoms with Gasteiger partial charge in [-0.1, -0.05) is 5.16 Å². The van der Waals surface area contributed by atoms with E-state index in [-0.39, 0.29) is 11.9 Å². The van der Waals surface area contributed by atoms with E-state index in [4.69, 9.17) is 9.26 Å². The molecule has 6 heteroatoms. The highest BCUT2D eigenvalue weighted by atomic mass is 16.5. The number of hydrogen-bond donors (Lipinski definition) is 2. The van der Waals surface area contributed by atoms with Crippen LogP contribution >= 0.6 is 0 Å². The summed E-state index contributed by atoms with van der Waals surface area (Å²) in [5.74, 6) is 0.745. The van der Waals surface area contributed by atoms with Crippen LogP contribution in [0.3, 0.4) is 0 Å². The molecule has 2 N–H and O–H groups in total. The van der Waals surface area contributed by atoms with E-state index < -0.39 is 0 Å². The molecule has 1 atom stereocenters. The monoisotopic (exact) mass is 255 g/mol. The molecule has 1 amide bonds. The zero-order valence-electron chi connectivity index (χ0n) is 11.2. The van der Waals surface area contributed by atoms with E-state index in [1.807, 2.05) is 19.9 Å². The predicted octanol–water partition coefficient (Wildman–Crippen LogP) is 0.614. The number of rotatable bonds is 8. The molecule has 1 heterocycles. The molecule has 0 saturated carbocycles. The topological polar surface area (TPSA) is 76.4 Å². The first-order chi connectivity index (χ1) is 8.63. The van der Waals surface area contributed by atoms with Gasteiger partial charge in [-0.15, -0.1) is 0 Å². The smallest absolute Gasteiger partial charge is 0.236 e. The van der Waals surface area contributed by atoms with E-state index in [1.165, 1.54) is 0 Å². The second-order valence-corrected chi connectivity index (χ2v) is 4.17. The number of carbonyl (C=O) groups excluding carboxylic acids is 1. The van der Waals surface area contributed by atoms with Crippen LogP contribution in [0.4, 0.5) is 0 Å². The number of carbonyl (C=O) groups is 1. The summed E-state index contributed by atoms with van der Waals surface area (Å²) < 4.78 is 9.85. The summed E-state index contributed by atoms with van der Waals surface area (Å²) >= 11 is 0. The number of aromatic nitrogens is 1. The minimum absolute atomic E-state index is 0.0219. The van der Waals surface area contributed by atoms with Crippen LogP contribution in [-0.2, 0) is 16.1 Å². The van der Waals surface area contributed by atoms with Gasteiger partial charge in [0.1, 0.15) is 5.76 Å². The lowest BCUT2D eigenvalue weighted by Gasteiger charge is -2.12. The highest BCUT2D eigenvalue weighted by Crippen LogP contribution is 2.01. The van der Waals surface area contributed by atoms with Gasteiger partial charge in [0.15, 0.2) is 0 Å². The fourth-order valence-electron chi connectivity index (χ4n) is 1.43. The van der Waals surface area contributed by atoms with E-state index in [0.29, 0.717) is 19.7 Å². The fourth-order valence-corrected chi connectivity index (χ4v) is 1.43. The van der Waals surface area contributed by atoms with Crippen molar-refractivity contribution in [3.8, 4) is 0 Å². The van der Waals surface area contributed by atoms with Gasteiger partial charge in [0.05, 0.1) is 11.7 Å². The zero-order valence-corrected chi connectivity index (χ0v) is 11.2. The van der Waals surface area contributed by atoms with E-state index in [1.54, 1.807) is 7.11 Å². The van der Waals surface area contributed by atoms with Gasteiger partial charge in [0, 0.05) is 32.9 Å². The molecule has 1 aromatic rings. The van der Waals surface area contributed by atoms with Crippen molar-refractivity contribution in [2.75, 3.05) is 20.3 Å². The lowest BCUT2D eigenvalue weighted by atomic mass is 10.3. The van der Waals surface area contributed by atoms with E-state index in [2.05, 4.69) is 15.8 Å². The van der Waals surface area contributed by atoms with Gasteiger partial charge < -0.3 is 19.9 Å². The summed E-state index contributed by atoms with van der Waals surface area (Å²) in [6.45, 7) is 5.45. The number of nitrogens with zero attached hydrogens (tertiary/aromatic N) is 1. The van der Waals surface area contributed by atoms with Gasteiger partial charge >= 0.3 is 0 Å². The molecule has 0 aliphatic rings. The summed E-state index contributed by atoms with van der Waals surface area (Å²) in [5, 5.41) is 9.77. The minimum Gasteiger partial charge on any atom is -0.385 e. The molecule has 1 aromatic heterocycles. The Bertz CT molecular complexity index is 365. The molecular formula is C12H21N3O3. The molecule has 1 unspecified atom stereocenters. The first-order valence-electron chi connectivity index (χ1n) is 6.05. The van der Waals surface area contributed by atoms with Gasteiger partial charge in [-0.05, 0) is 20.3 Å². The number of hydrogen-bond acceptors (Lipinski definition) is 5. The first kappa shape index (κ1) is 14.7. The average molecular weight is 255 g/mol. The number of nitrogens with one attached hydrogen (secondary N) is 2. The predicted molar refractivity (Wildman–Crippen MR) is 67.0 cm³/mol. The van der Waals surface area contributed by atoms with Crippen LogP contribution in [0.25, 0.3) is 0 Å². The molecule has 0 aliphatic carbocycles. The number of amides is 1. The fraction of sp³-hybridized carbons (Fsp3) is 0.667. The van der Waals surface area contributed by atoms with Crippen molar-refractivity contribution >= 4 is 5.91 Å². The molecule has 0 aromatic carbocycles. The number of ether oxygens (including phenoxy) is 1. The molecule has 0 saturated heterocycles. The molecule has 0 spiro atoms. The quantitative estimate of drug-likeness (QED) is 0.666. The Balaban J connectivity index is 2.19. The molecule has 0 aliphatic heterocycles. The maximum Gasteiger partial charge on any atom is 0.236 e. The lowest BCUT2D eigenvalue weighted by molar-refractivity contribution is -0.122. The van der Waals surface area contributed by atoms with Crippen LogP contribution in [0.5, 0.6) is 0 Å². The van der Waals surface area contributed by atoms with E-state index in [9.17, 15) is 4.79 Å². The second-order valence-electron chi connectivity index (χ2n) is 4.17. The molecule has 18 heavy (non-hydrogen) atoms. The normalized spacial score (nSPS) is 12.4. The molecule has 0 fully saturated rings.